The zero-order valence-electron chi connectivity index (χ0n) is 12.5. The number of rotatable bonds is 3. The van der Waals surface area contributed by atoms with Crippen LogP contribution in [0.15, 0.2) is 18.3 Å². The molecule has 1 aromatic heterocycles. The summed E-state index contributed by atoms with van der Waals surface area (Å²) in [7, 11) is 0. The van der Waals surface area contributed by atoms with E-state index in [2.05, 4.69) is 15.0 Å². The molecular weight excluding hydrogens is 311 g/mol. The lowest BCUT2D eigenvalue weighted by atomic mass is 9.78. The number of anilines is 1. The number of halogens is 3. The summed E-state index contributed by atoms with van der Waals surface area (Å²) in [5.74, 6) is -0.0630. The van der Waals surface area contributed by atoms with Crippen LogP contribution in [0.2, 0.25) is 0 Å². The summed E-state index contributed by atoms with van der Waals surface area (Å²) < 4.78 is 40.9. The zero-order valence-corrected chi connectivity index (χ0v) is 12.5. The second-order valence-electron chi connectivity index (χ2n) is 6.17. The molecular formula is C15H18F3N3O2. The van der Waals surface area contributed by atoms with E-state index < -0.39 is 12.8 Å². The Morgan fingerprint density at radius 2 is 2.04 bits per heavy atom. The third kappa shape index (κ3) is 3.74. The summed E-state index contributed by atoms with van der Waals surface area (Å²) in [6.45, 7) is 1.07. The minimum absolute atomic E-state index is 0.00773. The molecule has 0 atom stereocenters. The van der Waals surface area contributed by atoms with E-state index in [4.69, 9.17) is 0 Å². The molecule has 8 heteroatoms. The molecule has 0 unspecified atom stereocenters. The lowest BCUT2D eigenvalue weighted by molar-refractivity contribution is -0.154. The lowest BCUT2D eigenvalue weighted by Gasteiger charge is -2.33. The predicted molar refractivity (Wildman–Crippen MR) is 77.3 cm³/mol. The SMILES string of the molecule is O=C1CC2(CCNCC2)CN1c1ccc(OCC(F)(F)F)nc1. The minimum atomic E-state index is -4.40. The summed E-state index contributed by atoms with van der Waals surface area (Å²) in [5, 5.41) is 3.29. The average Bonchev–Trinajstić information content (AvgIpc) is 2.82. The van der Waals surface area contributed by atoms with Gasteiger partial charge in [-0.3, -0.25) is 4.79 Å². The van der Waals surface area contributed by atoms with Crippen molar-refractivity contribution < 1.29 is 22.7 Å². The molecule has 2 aliphatic rings. The molecule has 1 aromatic rings. The monoisotopic (exact) mass is 329 g/mol. The van der Waals surface area contributed by atoms with Gasteiger partial charge in [-0.05, 0) is 37.4 Å². The van der Waals surface area contributed by atoms with E-state index in [9.17, 15) is 18.0 Å². The normalized spacial score (nSPS) is 21.0. The smallest absolute Gasteiger partial charge is 0.422 e. The van der Waals surface area contributed by atoms with Crippen LogP contribution in [0.3, 0.4) is 0 Å². The Morgan fingerprint density at radius 1 is 1.30 bits per heavy atom. The fourth-order valence-corrected chi connectivity index (χ4v) is 3.20. The van der Waals surface area contributed by atoms with Gasteiger partial charge in [0.25, 0.3) is 0 Å². The molecule has 2 aliphatic heterocycles. The highest BCUT2D eigenvalue weighted by Gasteiger charge is 2.44. The van der Waals surface area contributed by atoms with Crippen molar-refractivity contribution in [2.24, 2.45) is 5.41 Å². The summed E-state index contributed by atoms with van der Waals surface area (Å²) in [6.07, 6.45) is -0.581. The Bertz CT molecular complexity index is 568. The van der Waals surface area contributed by atoms with E-state index in [0.717, 1.165) is 25.9 Å². The van der Waals surface area contributed by atoms with Gasteiger partial charge >= 0.3 is 6.18 Å². The van der Waals surface area contributed by atoms with Crippen molar-refractivity contribution in [2.45, 2.75) is 25.4 Å². The molecule has 1 spiro atoms. The molecule has 0 aromatic carbocycles. The number of aromatic nitrogens is 1. The van der Waals surface area contributed by atoms with Crippen molar-refractivity contribution >= 4 is 11.6 Å². The number of hydrogen-bond acceptors (Lipinski definition) is 4. The minimum Gasteiger partial charge on any atom is -0.468 e. The van der Waals surface area contributed by atoms with Crippen LogP contribution >= 0.6 is 0 Å². The molecule has 0 aliphatic carbocycles. The van der Waals surface area contributed by atoms with E-state index in [-0.39, 0.29) is 17.2 Å². The van der Waals surface area contributed by atoms with E-state index in [1.807, 2.05) is 0 Å². The number of carbonyl (C=O) groups is 1. The van der Waals surface area contributed by atoms with Crippen molar-refractivity contribution in [1.29, 1.82) is 0 Å². The van der Waals surface area contributed by atoms with Gasteiger partial charge in [0.1, 0.15) is 0 Å². The number of nitrogens with zero attached hydrogens (tertiary/aromatic N) is 2. The van der Waals surface area contributed by atoms with Gasteiger partial charge in [-0.25, -0.2) is 4.98 Å². The third-order valence-corrected chi connectivity index (χ3v) is 4.40. The Morgan fingerprint density at radius 3 is 2.65 bits per heavy atom. The maximum Gasteiger partial charge on any atom is 0.422 e. The molecule has 23 heavy (non-hydrogen) atoms. The number of piperidine rings is 1. The van der Waals surface area contributed by atoms with Crippen LogP contribution in [0, 0.1) is 5.41 Å². The first-order valence-electron chi connectivity index (χ1n) is 7.54. The van der Waals surface area contributed by atoms with Gasteiger partial charge < -0.3 is 15.0 Å². The van der Waals surface area contributed by atoms with Crippen LogP contribution in [-0.2, 0) is 4.79 Å². The molecule has 3 rings (SSSR count). The molecule has 126 valence electrons. The number of ether oxygens (including phenoxy) is 1. The van der Waals surface area contributed by atoms with Gasteiger partial charge in [0.05, 0.1) is 11.9 Å². The van der Waals surface area contributed by atoms with Crippen LogP contribution in [0.1, 0.15) is 19.3 Å². The van der Waals surface area contributed by atoms with Crippen LogP contribution in [0.25, 0.3) is 0 Å². The van der Waals surface area contributed by atoms with Crippen molar-refractivity contribution in [1.82, 2.24) is 10.3 Å². The average molecular weight is 329 g/mol. The first kappa shape index (κ1) is 16.0. The maximum atomic E-state index is 12.3. The highest BCUT2D eigenvalue weighted by Crippen LogP contribution is 2.41. The van der Waals surface area contributed by atoms with Gasteiger partial charge in [-0.2, -0.15) is 13.2 Å². The fourth-order valence-electron chi connectivity index (χ4n) is 3.20. The van der Waals surface area contributed by atoms with Crippen molar-refractivity contribution in [3.8, 4) is 5.88 Å². The van der Waals surface area contributed by atoms with Gasteiger partial charge in [-0.1, -0.05) is 0 Å². The predicted octanol–water partition coefficient (Wildman–Crippen LogP) is 2.13. The highest BCUT2D eigenvalue weighted by atomic mass is 19.4. The summed E-state index contributed by atoms with van der Waals surface area (Å²) in [6, 6.07) is 2.94. The van der Waals surface area contributed by atoms with E-state index >= 15 is 0 Å². The molecule has 1 N–H and O–H groups in total. The van der Waals surface area contributed by atoms with Crippen LogP contribution < -0.4 is 15.0 Å². The lowest BCUT2D eigenvalue weighted by Crippen LogP contribution is -2.38. The maximum absolute atomic E-state index is 12.3. The van der Waals surface area contributed by atoms with E-state index in [1.165, 1.54) is 12.3 Å². The molecule has 0 radical (unpaired) electrons. The highest BCUT2D eigenvalue weighted by molar-refractivity contribution is 5.96. The van der Waals surface area contributed by atoms with Crippen LogP contribution in [-0.4, -0.2) is 43.3 Å². The molecule has 0 saturated carbocycles. The number of hydrogen-bond donors (Lipinski definition) is 1. The van der Waals surface area contributed by atoms with Crippen molar-refractivity contribution in [3.05, 3.63) is 18.3 Å². The number of alkyl halides is 3. The summed E-state index contributed by atoms with van der Waals surface area (Å²) in [5.41, 5.74) is 0.609. The largest absolute Gasteiger partial charge is 0.468 e. The number of nitrogens with one attached hydrogen (secondary N) is 1. The fraction of sp³-hybridized carbons (Fsp3) is 0.600. The third-order valence-electron chi connectivity index (χ3n) is 4.40. The molecule has 1 amide bonds. The second-order valence-corrected chi connectivity index (χ2v) is 6.17. The topological polar surface area (TPSA) is 54.5 Å². The number of amides is 1. The quantitative estimate of drug-likeness (QED) is 0.923. The summed E-state index contributed by atoms with van der Waals surface area (Å²) in [4.78, 5) is 17.8. The van der Waals surface area contributed by atoms with E-state index in [0.29, 0.717) is 18.7 Å². The number of pyridine rings is 1. The summed E-state index contributed by atoms with van der Waals surface area (Å²) >= 11 is 0. The van der Waals surface area contributed by atoms with Crippen LogP contribution in [0.5, 0.6) is 5.88 Å². The van der Waals surface area contributed by atoms with Gasteiger partial charge in [-0.15, -0.1) is 0 Å². The molecule has 3 heterocycles. The first-order valence-corrected chi connectivity index (χ1v) is 7.54. The van der Waals surface area contributed by atoms with E-state index in [1.54, 1.807) is 11.0 Å². The Balaban J connectivity index is 1.66. The van der Waals surface area contributed by atoms with Gasteiger partial charge in [0.2, 0.25) is 11.8 Å². The molecule has 2 saturated heterocycles. The van der Waals surface area contributed by atoms with Gasteiger partial charge in [0, 0.05) is 19.0 Å². The van der Waals surface area contributed by atoms with Crippen molar-refractivity contribution in [3.63, 3.8) is 0 Å². The zero-order chi connectivity index (χ0) is 16.5. The second kappa shape index (κ2) is 5.99. The standard InChI is InChI=1S/C15H18F3N3O2/c16-15(17,18)10-23-12-2-1-11(8-20-12)21-9-14(7-13(21)22)3-5-19-6-4-14/h1-2,8,19H,3-7,9-10H2. The molecule has 2 fully saturated rings. The molecule has 0 bridgehead atoms. The molecule has 5 nitrogen and oxygen atoms in total. The Labute approximate surface area is 131 Å². The van der Waals surface area contributed by atoms with Crippen molar-refractivity contribution in [2.75, 3.05) is 31.1 Å². The Hall–Kier alpha value is -1.83. The first-order chi connectivity index (χ1) is 10.9. The Kier molecular flexibility index (Phi) is 4.18. The van der Waals surface area contributed by atoms with Crippen LogP contribution in [0.4, 0.5) is 18.9 Å². The van der Waals surface area contributed by atoms with Gasteiger partial charge in [0.15, 0.2) is 6.61 Å². The number of carbonyl (C=O) groups excluding carboxylic acids is 1.